The Morgan fingerprint density at radius 3 is 1.24 bits per heavy atom. The molecule has 1 aromatic carbocycles. The highest BCUT2D eigenvalue weighted by Gasteiger charge is 2.92. The van der Waals surface area contributed by atoms with E-state index in [-0.39, 0.29) is 24.3 Å². The fourth-order valence-corrected chi connectivity index (χ4v) is 2.94. The smallest absolute Gasteiger partial charge is 0.217 e. The number of hydrogen-bond acceptors (Lipinski definition) is 2. The van der Waals surface area contributed by atoms with Gasteiger partial charge < -0.3 is 0 Å². The van der Waals surface area contributed by atoms with E-state index in [2.05, 4.69) is 0 Å². The summed E-state index contributed by atoms with van der Waals surface area (Å²) in [4.78, 5) is -2.05. The van der Waals surface area contributed by atoms with E-state index >= 15 is 0 Å². The summed E-state index contributed by atoms with van der Waals surface area (Å²) >= 11 is 0. The summed E-state index contributed by atoms with van der Waals surface area (Å²) in [5.74, 6) is -33.8. The number of halogens is 14. The van der Waals surface area contributed by atoms with Gasteiger partial charge in [0.15, 0.2) is 0 Å². The monoisotopic (exact) mass is 478 g/mol. The molecule has 0 spiro atoms. The predicted octanol–water partition coefficient (Wildman–Crippen LogP) is 5.30. The Balaban J connectivity index is 3.67. The molecule has 0 saturated heterocycles. The molecule has 1 aromatic rings. The molecule has 0 aliphatic heterocycles. The van der Waals surface area contributed by atoms with E-state index in [0.717, 1.165) is 0 Å². The second kappa shape index (κ2) is 6.60. The molecule has 29 heavy (non-hydrogen) atoms. The van der Waals surface area contributed by atoms with Gasteiger partial charge in [0.1, 0.15) is 5.82 Å². The number of sulfone groups is 1. The third-order valence-corrected chi connectivity index (χ3v) is 5.19. The van der Waals surface area contributed by atoms with E-state index < -0.39 is 55.7 Å². The van der Waals surface area contributed by atoms with Crippen LogP contribution in [0.5, 0.6) is 0 Å². The summed E-state index contributed by atoms with van der Waals surface area (Å²) < 4.78 is 204. The molecule has 0 amide bonds. The average Bonchev–Trinajstić information content (AvgIpc) is 2.53. The van der Waals surface area contributed by atoms with Crippen molar-refractivity contribution < 1.29 is 69.9 Å². The second-order valence-electron chi connectivity index (χ2n) is 5.27. The van der Waals surface area contributed by atoms with E-state index in [1.807, 2.05) is 0 Å². The molecule has 0 aliphatic rings. The summed E-state index contributed by atoms with van der Waals surface area (Å²) in [6.07, 6.45) is -7.61. The lowest BCUT2D eigenvalue weighted by Crippen LogP contribution is -2.71. The van der Waals surface area contributed by atoms with Gasteiger partial charge in [-0.3, -0.25) is 0 Å². The van der Waals surface area contributed by atoms with Gasteiger partial charge in [-0.2, -0.15) is 57.1 Å². The normalized spacial score (nSPS) is 15.5. The Hall–Kier alpha value is -1.81. The number of hydrogen-bond donors (Lipinski definition) is 0. The Morgan fingerprint density at radius 1 is 0.552 bits per heavy atom. The highest BCUT2D eigenvalue weighted by Crippen LogP contribution is 2.61. The Bertz CT molecular complexity index is 854. The zero-order valence-electron chi connectivity index (χ0n) is 12.8. The van der Waals surface area contributed by atoms with E-state index in [1.54, 1.807) is 0 Å². The molecular weight excluding hydrogens is 474 g/mol. The first kappa shape index (κ1) is 25.2. The molecule has 0 radical (unpaired) electrons. The van der Waals surface area contributed by atoms with Gasteiger partial charge in [0.2, 0.25) is 9.84 Å². The van der Waals surface area contributed by atoms with Gasteiger partial charge in [0.25, 0.3) is 0 Å². The number of benzene rings is 1. The minimum atomic E-state index is -8.24. The molecule has 0 heterocycles. The zero-order valence-corrected chi connectivity index (χ0v) is 13.6. The molecule has 2 nitrogen and oxygen atoms in total. The maximum atomic E-state index is 13.7. The van der Waals surface area contributed by atoms with Crippen molar-refractivity contribution in [1.82, 2.24) is 0 Å². The van der Waals surface area contributed by atoms with E-state index in [0.29, 0.717) is 0 Å². The van der Waals surface area contributed by atoms with Gasteiger partial charge in [-0.25, -0.2) is 12.8 Å². The van der Waals surface area contributed by atoms with Crippen molar-refractivity contribution in [3.63, 3.8) is 0 Å². The molecule has 0 unspecified atom stereocenters. The van der Waals surface area contributed by atoms with Crippen LogP contribution in [0.1, 0.15) is 0 Å². The maximum absolute atomic E-state index is 13.7. The standard InChI is InChI=1S/C12H4F14O2S/c13-5-1-3-6(4-2-5)29(27,28)12(25,26)10(20,21)8(16,17)7(14,15)9(18,19)11(22,23)24/h1-4H. The van der Waals surface area contributed by atoms with Gasteiger partial charge in [0, 0.05) is 0 Å². The van der Waals surface area contributed by atoms with Gasteiger partial charge in [-0.15, -0.1) is 0 Å². The van der Waals surface area contributed by atoms with Crippen LogP contribution in [0.15, 0.2) is 29.2 Å². The Kier molecular flexibility index (Phi) is 5.74. The van der Waals surface area contributed by atoms with E-state index in [4.69, 9.17) is 0 Å². The van der Waals surface area contributed by atoms with Crippen molar-refractivity contribution in [3.05, 3.63) is 30.1 Å². The predicted molar refractivity (Wildman–Crippen MR) is 64.4 cm³/mol. The van der Waals surface area contributed by atoms with Crippen molar-refractivity contribution in [2.75, 3.05) is 0 Å². The second-order valence-corrected chi connectivity index (χ2v) is 7.26. The summed E-state index contributed by atoms with van der Waals surface area (Å²) in [7, 11) is -7.13. The molecule has 0 aromatic heterocycles. The number of rotatable bonds is 6. The first-order valence-corrected chi connectivity index (χ1v) is 7.94. The SMILES string of the molecule is O=S(=O)(c1ccc(F)cc1)C(F)(F)C(F)(F)C(F)(F)C(F)(F)C(F)(F)C(F)(F)F. The Labute approximate surface area is 151 Å². The third kappa shape index (κ3) is 3.30. The van der Waals surface area contributed by atoms with Crippen molar-refractivity contribution in [2.45, 2.75) is 40.0 Å². The molecule has 168 valence electrons. The van der Waals surface area contributed by atoms with Crippen LogP contribution >= 0.6 is 0 Å². The van der Waals surface area contributed by atoms with Gasteiger partial charge in [-0.05, 0) is 24.3 Å². The maximum Gasteiger partial charge on any atom is 0.460 e. The lowest BCUT2D eigenvalue weighted by molar-refractivity contribution is -0.433. The summed E-state index contributed by atoms with van der Waals surface area (Å²) in [5, 5.41) is -7.34. The molecule has 0 atom stereocenters. The number of alkyl halides is 13. The highest BCUT2D eigenvalue weighted by molar-refractivity contribution is 7.92. The average molecular weight is 478 g/mol. The van der Waals surface area contributed by atoms with Gasteiger partial charge >= 0.3 is 35.1 Å². The van der Waals surface area contributed by atoms with Gasteiger partial charge in [0.05, 0.1) is 4.90 Å². The zero-order chi connectivity index (χ0) is 23.5. The van der Waals surface area contributed by atoms with E-state index in [1.165, 1.54) is 0 Å². The van der Waals surface area contributed by atoms with Crippen LogP contribution in [-0.4, -0.2) is 43.5 Å². The van der Waals surface area contributed by atoms with E-state index in [9.17, 15) is 69.9 Å². The van der Waals surface area contributed by atoms with Crippen molar-refractivity contribution in [2.24, 2.45) is 0 Å². The highest BCUT2D eigenvalue weighted by atomic mass is 32.2. The molecule has 17 heteroatoms. The van der Waals surface area contributed by atoms with Crippen LogP contribution in [0.4, 0.5) is 61.5 Å². The largest absolute Gasteiger partial charge is 0.460 e. The van der Waals surface area contributed by atoms with Crippen molar-refractivity contribution >= 4 is 9.84 Å². The molecule has 0 saturated carbocycles. The fraction of sp³-hybridized carbons (Fsp3) is 0.500. The molecular formula is C12H4F14O2S. The van der Waals surface area contributed by atoms with Gasteiger partial charge in [-0.1, -0.05) is 0 Å². The first-order valence-electron chi connectivity index (χ1n) is 6.46. The lowest BCUT2D eigenvalue weighted by Gasteiger charge is -2.39. The van der Waals surface area contributed by atoms with Crippen LogP contribution in [-0.2, 0) is 9.84 Å². The Morgan fingerprint density at radius 2 is 0.897 bits per heavy atom. The first-order chi connectivity index (χ1) is 12.5. The molecule has 0 N–H and O–H groups in total. The summed E-state index contributed by atoms with van der Waals surface area (Å²) in [6.45, 7) is 0. The van der Waals surface area contributed by atoms with Crippen LogP contribution in [0.2, 0.25) is 0 Å². The molecule has 0 fully saturated rings. The molecule has 0 bridgehead atoms. The fourth-order valence-electron chi connectivity index (χ4n) is 1.69. The van der Waals surface area contributed by atoms with Crippen molar-refractivity contribution in [3.8, 4) is 0 Å². The topological polar surface area (TPSA) is 34.1 Å². The van der Waals surface area contributed by atoms with Crippen LogP contribution in [0, 0.1) is 5.82 Å². The minimum absolute atomic E-state index is 0.0334. The van der Waals surface area contributed by atoms with Crippen LogP contribution in [0.3, 0.4) is 0 Å². The van der Waals surface area contributed by atoms with Crippen LogP contribution < -0.4 is 0 Å². The summed E-state index contributed by atoms with van der Waals surface area (Å²) in [6, 6.07) is -0.332. The third-order valence-electron chi connectivity index (χ3n) is 3.37. The van der Waals surface area contributed by atoms with Crippen LogP contribution in [0.25, 0.3) is 0 Å². The molecule has 1 rings (SSSR count). The quantitative estimate of drug-likeness (QED) is 0.411. The minimum Gasteiger partial charge on any atom is -0.217 e. The summed E-state index contributed by atoms with van der Waals surface area (Å²) in [5.41, 5.74) is 0. The lowest BCUT2D eigenvalue weighted by atomic mass is 9.98. The van der Waals surface area contributed by atoms with Crippen molar-refractivity contribution in [1.29, 1.82) is 0 Å². The molecule has 0 aliphatic carbocycles.